The van der Waals surface area contributed by atoms with Crippen molar-refractivity contribution in [2.24, 2.45) is 0 Å². The Hall–Kier alpha value is -2.29. The smallest absolute Gasteiger partial charge is 0.325 e. The lowest BCUT2D eigenvalue weighted by molar-refractivity contribution is -0.137. The van der Waals surface area contributed by atoms with Crippen LogP contribution in [-0.2, 0) is 11.3 Å². The molecule has 8 nitrogen and oxygen atoms in total. The van der Waals surface area contributed by atoms with Crippen LogP contribution in [0.3, 0.4) is 0 Å². The molecule has 2 rings (SSSR count). The number of carboxylic acid groups (broad SMARTS) is 1. The van der Waals surface area contributed by atoms with E-state index in [2.05, 4.69) is 20.6 Å². The first kappa shape index (κ1) is 14.1. The lowest BCUT2D eigenvalue weighted by Gasteiger charge is -1.98. The van der Waals surface area contributed by atoms with Gasteiger partial charge in [-0.3, -0.25) is 14.9 Å². The number of aliphatic carboxylic acids is 1. The highest BCUT2D eigenvalue weighted by Crippen LogP contribution is 2.21. The van der Waals surface area contributed by atoms with Gasteiger partial charge in [0, 0.05) is 5.38 Å². The molecule has 0 aliphatic rings. The summed E-state index contributed by atoms with van der Waals surface area (Å²) in [7, 11) is 0. The number of thiazole rings is 1. The maximum atomic E-state index is 11.9. The molecule has 2 aromatic heterocycles. The van der Waals surface area contributed by atoms with Gasteiger partial charge in [0.1, 0.15) is 6.54 Å². The van der Waals surface area contributed by atoms with Gasteiger partial charge < -0.3 is 5.11 Å². The van der Waals surface area contributed by atoms with Crippen molar-refractivity contribution < 1.29 is 14.7 Å². The minimum Gasteiger partial charge on any atom is -0.480 e. The Labute approximate surface area is 118 Å². The normalized spacial score (nSPS) is 10.8. The van der Waals surface area contributed by atoms with Gasteiger partial charge in [0.25, 0.3) is 5.91 Å². The average Bonchev–Trinajstić information content (AvgIpc) is 2.97. The molecule has 0 saturated carbocycles. The molecule has 0 aromatic carbocycles. The Kier molecular flexibility index (Phi) is 4.08. The molecule has 0 aliphatic heterocycles. The standard InChI is InChI=1S/C11H13N5O3S/c1-6(2)8-5-20-11(12-8)13-10(19)7-3-16(15-14-7)4-9(17)18/h3,5-6H,4H2,1-2H3,(H,17,18)(H,12,13,19). The molecule has 0 bridgehead atoms. The summed E-state index contributed by atoms with van der Waals surface area (Å²) >= 11 is 1.33. The molecule has 0 saturated heterocycles. The number of carboxylic acids is 1. The molecule has 2 aromatic rings. The van der Waals surface area contributed by atoms with Crippen LogP contribution in [0.15, 0.2) is 11.6 Å². The van der Waals surface area contributed by atoms with E-state index in [1.165, 1.54) is 17.5 Å². The summed E-state index contributed by atoms with van der Waals surface area (Å²) in [5, 5.41) is 20.7. The molecular formula is C11H13N5O3S. The number of rotatable bonds is 5. The Morgan fingerprint density at radius 2 is 2.25 bits per heavy atom. The highest BCUT2D eigenvalue weighted by molar-refractivity contribution is 7.14. The molecule has 1 amide bonds. The molecule has 20 heavy (non-hydrogen) atoms. The van der Waals surface area contributed by atoms with Gasteiger partial charge in [-0.15, -0.1) is 16.4 Å². The van der Waals surface area contributed by atoms with Crippen LogP contribution in [0.4, 0.5) is 5.13 Å². The molecule has 0 spiro atoms. The number of aromatic nitrogens is 4. The summed E-state index contributed by atoms with van der Waals surface area (Å²) in [4.78, 5) is 26.7. The molecule has 0 aliphatic carbocycles. The van der Waals surface area contributed by atoms with Gasteiger partial charge in [-0.2, -0.15) is 0 Å². The maximum absolute atomic E-state index is 11.9. The summed E-state index contributed by atoms with van der Waals surface area (Å²) in [6.07, 6.45) is 1.28. The van der Waals surface area contributed by atoms with E-state index >= 15 is 0 Å². The van der Waals surface area contributed by atoms with E-state index in [0.717, 1.165) is 10.4 Å². The number of amides is 1. The highest BCUT2D eigenvalue weighted by Gasteiger charge is 2.14. The molecule has 106 valence electrons. The second-order valence-electron chi connectivity index (χ2n) is 4.38. The van der Waals surface area contributed by atoms with Crippen molar-refractivity contribution in [1.82, 2.24) is 20.0 Å². The van der Waals surface area contributed by atoms with Crippen LogP contribution < -0.4 is 5.32 Å². The van der Waals surface area contributed by atoms with Crippen molar-refractivity contribution >= 4 is 28.3 Å². The predicted molar refractivity (Wildman–Crippen MR) is 71.8 cm³/mol. The first-order valence-corrected chi connectivity index (χ1v) is 6.72. The first-order chi connectivity index (χ1) is 9.45. The fraction of sp³-hybridized carbons (Fsp3) is 0.364. The minimum absolute atomic E-state index is 0.0487. The number of nitrogens with zero attached hydrogens (tertiary/aromatic N) is 4. The Morgan fingerprint density at radius 1 is 1.50 bits per heavy atom. The molecule has 9 heteroatoms. The van der Waals surface area contributed by atoms with E-state index in [4.69, 9.17) is 5.11 Å². The van der Waals surface area contributed by atoms with Crippen molar-refractivity contribution in [3.63, 3.8) is 0 Å². The summed E-state index contributed by atoms with van der Waals surface area (Å²) in [5.41, 5.74) is 0.951. The molecule has 2 N–H and O–H groups in total. The zero-order chi connectivity index (χ0) is 14.7. The van der Waals surface area contributed by atoms with E-state index in [9.17, 15) is 9.59 Å². The van der Waals surface area contributed by atoms with Crippen LogP contribution in [0, 0.1) is 0 Å². The summed E-state index contributed by atoms with van der Waals surface area (Å²) in [6.45, 7) is 3.69. The van der Waals surface area contributed by atoms with E-state index in [1.54, 1.807) is 0 Å². The number of nitrogens with one attached hydrogen (secondary N) is 1. The zero-order valence-electron chi connectivity index (χ0n) is 10.9. The van der Waals surface area contributed by atoms with E-state index in [1.807, 2.05) is 19.2 Å². The minimum atomic E-state index is -1.05. The van der Waals surface area contributed by atoms with E-state index in [-0.39, 0.29) is 18.2 Å². The number of carbonyl (C=O) groups excluding carboxylic acids is 1. The summed E-state index contributed by atoms with van der Waals surface area (Å²) in [5.74, 6) is -1.23. The van der Waals surface area contributed by atoms with Gasteiger partial charge in [-0.25, -0.2) is 9.67 Å². The Morgan fingerprint density at radius 3 is 2.85 bits per heavy atom. The fourth-order valence-corrected chi connectivity index (χ4v) is 2.26. The second kappa shape index (κ2) is 5.78. The van der Waals surface area contributed by atoms with E-state index in [0.29, 0.717) is 5.13 Å². The monoisotopic (exact) mass is 295 g/mol. The van der Waals surface area contributed by atoms with Gasteiger partial charge in [0.15, 0.2) is 10.8 Å². The third kappa shape index (κ3) is 3.38. The van der Waals surface area contributed by atoms with Gasteiger partial charge >= 0.3 is 5.97 Å². The van der Waals surface area contributed by atoms with Crippen LogP contribution in [-0.4, -0.2) is 37.0 Å². The highest BCUT2D eigenvalue weighted by atomic mass is 32.1. The van der Waals surface area contributed by atoms with E-state index < -0.39 is 11.9 Å². The number of carbonyl (C=O) groups is 2. The van der Waals surface area contributed by atoms with Crippen LogP contribution >= 0.6 is 11.3 Å². The van der Waals surface area contributed by atoms with Crippen molar-refractivity contribution in [1.29, 1.82) is 0 Å². The fourth-order valence-electron chi connectivity index (χ4n) is 1.39. The molecular weight excluding hydrogens is 282 g/mol. The van der Waals surface area contributed by atoms with Crippen molar-refractivity contribution in [2.45, 2.75) is 26.3 Å². The Bertz CT molecular complexity index is 634. The SMILES string of the molecule is CC(C)c1csc(NC(=O)c2cn(CC(=O)O)nn2)n1. The largest absolute Gasteiger partial charge is 0.480 e. The van der Waals surface area contributed by atoms with Crippen molar-refractivity contribution in [3.05, 3.63) is 23.0 Å². The topological polar surface area (TPSA) is 110 Å². The van der Waals surface area contributed by atoms with Crippen LogP contribution in [0.5, 0.6) is 0 Å². The molecule has 0 atom stereocenters. The summed E-state index contributed by atoms with van der Waals surface area (Å²) in [6, 6.07) is 0. The third-order valence-corrected chi connectivity index (χ3v) is 3.18. The lowest BCUT2D eigenvalue weighted by atomic mass is 10.2. The molecule has 0 radical (unpaired) electrons. The number of hydrogen-bond donors (Lipinski definition) is 2. The van der Waals surface area contributed by atoms with Crippen LogP contribution in [0.25, 0.3) is 0 Å². The van der Waals surface area contributed by atoms with Crippen LogP contribution in [0.2, 0.25) is 0 Å². The van der Waals surface area contributed by atoms with Gasteiger partial charge in [-0.05, 0) is 5.92 Å². The average molecular weight is 295 g/mol. The third-order valence-electron chi connectivity index (χ3n) is 2.40. The Balaban J connectivity index is 2.03. The zero-order valence-corrected chi connectivity index (χ0v) is 11.7. The van der Waals surface area contributed by atoms with Crippen LogP contribution in [0.1, 0.15) is 35.9 Å². The number of anilines is 1. The molecule has 2 heterocycles. The molecule has 0 fully saturated rings. The van der Waals surface area contributed by atoms with Gasteiger partial charge in [0.05, 0.1) is 11.9 Å². The van der Waals surface area contributed by atoms with Gasteiger partial charge in [-0.1, -0.05) is 19.1 Å². The van der Waals surface area contributed by atoms with Crippen molar-refractivity contribution in [2.75, 3.05) is 5.32 Å². The van der Waals surface area contributed by atoms with Gasteiger partial charge in [0.2, 0.25) is 0 Å². The second-order valence-corrected chi connectivity index (χ2v) is 5.24. The molecule has 0 unspecified atom stereocenters. The lowest BCUT2D eigenvalue weighted by Crippen LogP contribution is -2.12. The maximum Gasteiger partial charge on any atom is 0.325 e. The quantitative estimate of drug-likeness (QED) is 0.857. The summed E-state index contributed by atoms with van der Waals surface area (Å²) < 4.78 is 1.08. The number of hydrogen-bond acceptors (Lipinski definition) is 6. The van der Waals surface area contributed by atoms with Crippen molar-refractivity contribution in [3.8, 4) is 0 Å². The first-order valence-electron chi connectivity index (χ1n) is 5.84. The predicted octanol–water partition coefficient (Wildman–Crippen LogP) is 1.19.